The van der Waals surface area contributed by atoms with Gasteiger partial charge in [-0.1, -0.05) is 12.1 Å². The van der Waals surface area contributed by atoms with E-state index >= 15 is 0 Å². The van der Waals surface area contributed by atoms with Gasteiger partial charge in [-0.05, 0) is 45.6 Å². The third kappa shape index (κ3) is 3.74. The number of carbonyl (C=O) groups is 1. The fourth-order valence-electron chi connectivity index (χ4n) is 1.76. The van der Waals surface area contributed by atoms with Crippen molar-refractivity contribution < 1.29 is 9.90 Å². The number of phenols is 1. The predicted octanol–water partition coefficient (Wildman–Crippen LogP) is 1.72. The lowest BCUT2D eigenvalue weighted by atomic mass is 10.1. The summed E-state index contributed by atoms with van der Waals surface area (Å²) in [7, 11) is 5.78. The number of rotatable bonds is 5. The Morgan fingerprint density at radius 3 is 2.50 bits per heavy atom. The van der Waals surface area contributed by atoms with Gasteiger partial charge < -0.3 is 14.9 Å². The van der Waals surface area contributed by atoms with Gasteiger partial charge in [0, 0.05) is 13.6 Å². The molecule has 0 aliphatic heterocycles. The maximum Gasteiger partial charge on any atom is 0.257 e. The molecular formula is C14H22N2O2. The first-order chi connectivity index (χ1) is 8.43. The molecule has 0 unspecified atom stereocenters. The van der Waals surface area contributed by atoms with Crippen LogP contribution in [0.25, 0.3) is 0 Å². The van der Waals surface area contributed by atoms with E-state index in [9.17, 15) is 9.90 Å². The largest absolute Gasteiger partial charge is 0.507 e. The van der Waals surface area contributed by atoms with Gasteiger partial charge >= 0.3 is 0 Å². The van der Waals surface area contributed by atoms with Crippen LogP contribution in [0.1, 0.15) is 22.3 Å². The molecule has 1 N–H and O–H groups in total. The van der Waals surface area contributed by atoms with Gasteiger partial charge in [0.25, 0.3) is 5.91 Å². The van der Waals surface area contributed by atoms with Gasteiger partial charge in [0.2, 0.25) is 0 Å². The van der Waals surface area contributed by atoms with Gasteiger partial charge in [0.1, 0.15) is 5.75 Å². The zero-order chi connectivity index (χ0) is 13.7. The summed E-state index contributed by atoms with van der Waals surface area (Å²) in [5.41, 5.74) is 1.10. The molecule has 0 heterocycles. The number of aromatic hydroxyl groups is 1. The predicted molar refractivity (Wildman–Crippen MR) is 73.0 cm³/mol. The molecule has 0 fully saturated rings. The minimum absolute atomic E-state index is 0.0851. The summed E-state index contributed by atoms with van der Waals surface area (Å²) < 4.78 is 0. The number of phenolic OH excluding ortho intramolecular Hbond substituents is 1. The number of carbonyl (C=O) groups excluding carboxylic acids is 1. The molecule has 4 nitrogen and oxygen atoms in total. The highest BCUT2D eigenvalue weighted by atomic mass is 16.3. The van der Waals surface area contributed by atoms with Crippen molar-refractivity contribution in [3.05, 3.63) is 29.3 Å². The number of para-hydroxylation sites is 1. The van der Waals surface area contributed by atoms with Crippen LogP contribution in [0.2, 0.25) is 0 Å². The molecule has 0 bridgehead atoms. The number of hydrogen-bond donors (Lipinski definition) is 1. The Labute approximate surface area is 109 Å². The first-order valence-corrected chi connectivity index (χ1v) is 6.12. The molecule has 0 aromatic heterocycles. The van der Waals surface area contributed by atoms with E-state index in [-0.39, 0.29) is 11.7 Å². The molecule has 0 aliphatic carbocycles. The molecule has 4 heteroatoms. The smallest absolute Gasteiger partial charge is 0.257 e. The minimum Gasteiger partial charge on any atom is -0.507 e. The lowest BCUT2D eigenvalue weighted by Crippen LogP contribution is -2.29. The molecular weight excluding hydrogens is 228 g/mol. The second kappa shape index (κ2) is 6.40. The van der Waals surface area contributed by atoms with Crippen LogP contribution in [0.5, 0.6) is 5.75 Å². The zero-order valence-corrected chi connectivity index (χ0v) is 11.6. The Morgan fingerprint density at radius 1 is 1.22 bits per heavy atom. The van der Waals surface area contributed by atoms with Crippen LogP contribution in [0.3, 0.4) is 0 Å². The van der Waals surface area contributed by atoms with E-state index in [1.54, 1.807) is 37.1 Å². The van der Waals surface area contributed by atoms with Crippen LogP contribution in [0.4, 0.5) is 0 Å². The molecule has 0 saturated heterocycles. The van der Waals surface area contributed by atoms with E-state index in [0.717, 1.165) is 18.5 Å². The molecule has 1 rings (SSSR count). The van der Waals surface area contributed by atoms with E-state index in [1.807, 2.05) is 14.1 Å². The number of nitrogens with zero attached hydrogens (tertiary/aromatic N) is 2. The lowest BCUT2D eigenvalue weighted by molar-refractivity contribution is 0.0787. The van der Waals surface area contributed by atoms with Crippen LogP contribution in [0, 0.1) is 6.92 Å². The average molecular weight is 250 g/mol. The van der Waals surface area contributed by atoms with E-state index in [2.05, 4.69) is 4.90 Å². The summed E-state index contributed by atoms with van der Waals surface area (Å²) >= 11 is 0. The number of benzene rings is 1. The van der Waals surface area contributed by atoms with Crippen LogP contribution in [-0.4, -0.2) is 55.0 Å². The maximum absolute atomic E-state index is 12.1. The molecule has 0 radical (unpaired) electrons. The average Bonchev–Trinajstić information content (AvgIpc) is 2.31. The van der Waals surface area contributed by atoms with Crippen molar-refractivity contribution in [1.29, 1.82) is 0 Å². The Kier molecular flexibility index (Phi) is 5.16. The standard InChI is InChI=1S/C14H22N2O2/c1-11-7-5-8-12(13(11)17)14(18)16(4)10-6-9-15(2)3/h5,7-8,17H,6,9-10H2,1-4H3. The second-order valence-electron chi connectivity index (χ2n) is 4.85. The van der Waals surface area contributed by atoms with Gasteiger partial charge in [0.05, 0.1) is 5.56 Å². The van der Waals surface area contributed by atoms with E-state index in [1.165, 1.54) is 0 Å². The van der Waals surface area contributed by atoms with Gasteiger partial charge in [0.15, 0.2) is 0 Å². The molecule has 100 valence electrons. The van der Waals surface area contributed by atoms with E-state index in [0.29, 0.717) is 12.1 Å². The first kappa shape index (κ1) is 14.5. The van der Waals surface area contributed by atoms with E-state index in [4.69, 9.17) is 0 Å². The molecule has 1 aromatic rings. The van der Waals surface area contributed by atoms with Crippen LogP contribution in [-0.2, 0) is 0 Å². The highest BCUT2D eigenvalue weighted by Crippen LogP contribution is 2.22. The van der Waals surface area contributed by atoms with Crippen molar-refractivity contribution in [2.24, 2.45) is 0 Å². The van der Waals surface area contributed by atoms with Crippen molar-refractivity contribution >= 4 is 5.91 Å². The Bertz CT molecular complexity index is 416. The zero-order valence-electron chi connectivity index (χ0n) is 11.6. The Balaban J connectivity index is 2.66. The summed E-state index contributed by atoms with van der Waals surface area (Å²) in [5.74, 6) is -0.0445. The molecule has 1 aromatic carbocycles. The molecule has 0 saturated carbocycles. The van der Waals surface area contributed by atoms with E-state index < -0.39 is 0 Å². The highest BCUT2D eigenvalue weighted by molar-refractivity contribution is 5.97. The lowest BCUT2D eigenvalue weighted by Gasteiger charge is -2.19. The summed E-state index contributed by atoms with van der Waals surface area (Å²) in [4.78, 5) is 15.9. The molecule has 0 aliphatic rings. The summed E-state index contributed by atoms with van der Waals surface area (Å²) in [6.45, 7) is 3.42. The second-order valence-corrected chi connectivity index (χ2v) is 4.85. The molecule has 0 atom stereocenters. The highest BCUT2D eigenvalue weighted by Gasteiger charge is 2.16. The minimum atomic E-state index is -0.130. The Hall–Kier alpha value is -1.55. The third-order valence-corrected chi connectivity index (χ3v) is 2.91. The Morgan fingerprint density at radius 2 is 1.89 bits per heavy atom. The van der Waals surface area contributed by atoms with Gasteiger partial charge in [-0.15, -0.1) is 0 Å². The van der Waals surface area contributed by atoms with Crippen molar-refractivity contribution in [2.75, 3.05) is 34.2 Å². The van der Waals surface area contributed by atoms with Crippen molar-refractivity contribution in [1.82, 2.24) is 9.80 Å². The molecule has 0 spiro atoms. The fourth-order valence-corrected chi connectivity index (χ4v) is 1.76. The van der Waals surface area contributed by atoms with Crippen molar-refractivity contribution in [3.8, 4) is 5.75 Å². The molecule has 1 amide bonds. The van der Waals surface area contributed by atoms with Crippen LogP contribution in [0.15, 0.2) is 18.2 Å². The topological polar surface area (TPSA) is 43.8 Å². The SMILES string of the molecule is Cc1cccc(C(=O)N(C)CCCN(C)C)c1O. The fraction of sp³-hybridized carbons (Fsp3) is 0.500. The number of aryl methyl sites for hydroxylation is 1. The number of amides is 1. The third-order valence-electron chi connectivity index (χ3n) is 2.91. The van der Waals surface area contributed by atoms with Gasteiger partial charge in [-0.25, -0.2) is 0 Å². The first-order valence-electron chi connectivity index (χ1n) is 6.12. The van der Waals surface area contributed by atoms with Crippen molar-refractivity contribution in [2.45, 2.75) is 13.3 Å². The summed E-state index contributed by atoms with van der Waals surface area (Å²) in [6.07, 6.45) is 0.918. The maximum atomic E-state index is 12.1. The van der Waals surface area contributed by atoms with Gasteiger partial charge in [-0.3, -0.25) is 4.79 Å². The number of hydrogen-bond acceptors (Lipinski definition) is 3. The monoisotopic (exact) mass is 250 g/mol. The van der Waals surface area contributed by atoms with Crippen molar-refractivity contribution in [3.63, 3.8) is 0 Å². The quantitative estimate of drug-likeness (QED) is 0.865. The summed E-state index contributed by atoms with van der Waals surface area (Å²) in [6, 6.07) is 5.24. The van der Waals surface area contributed by atoms with Gasteiger partial charge in [-0.2, -0.15) is 0 Å². The molecule has 18 heavy (non-hydrogen) atoms. The van der Waals surface area contributed by atoms with Crippen LogP contribution < -0.4 is 0 Å². The van der Waals surface area contributed by atoms with Crippen LogP contribution >= 0.6 is 0 Å². The summed E-state index contributed by atoms with van der Waals surface area (Å²) in [5, 5.41) is 9.87. The normalized spacial score (nSPS) is 10.7.